The van der Waals surface area contributed by atoms with Crippen molar-refractivity contribution in [2.24, 2.45) is 5.41 Å². The van der Waals surface area contributed by atoms with E-state index in [1.165, 1.54) is 12.0 Å². The average Bonchev–Trinajstić information content (AvgIpc) is 2.70. The molecule has 2 aliphatic rings. The first kappa shape index (κ1) is 12.7. The summed E-state index contributed by atoms with van der Waals surface area (Å²) in [7, 11) is 0. The van der Waals surface area contributed by atoms with Crippen LogP contribution in [0.5, 0.6) is 5.75 Å². The fourth-order valence-electron chi connectivity index (χ4n) is 4.31. The highest BCUT2D eigenvalue weighted by Crippen LogP contribution is 2.56. The second kappa shape index (κ2) is 3.84. The molecule has 1 heterocycles. The predicted molar refractivity (Wildman–Crippen MR) is 78.2 cm³/mol. The number of phenolic OH excluding ortho intramolecular Hbond substituents is 1. The quantitative estimate of drug-likeness (QED) is 0.710. The summed E-state index contributed by atoms with van der Waals surface area (Å²) in [6, 6.07) is 6.52. The first-order chi connectivity index (χ1) is 8.91. The van der Waals surface area contributed by atoms with Crippen LogP contribution in [0.2, 0.25) is 0 Å². The molecule has 0 aromatic heterocycles. The largest absolute Gasteiger partial charge is 0.508 e. The number of benzene rings is 1. The van der Waals surface area contributed by atoms with Crippen LogP contribution < -0.4 is 0 Å². The minimum Gasteiger partial charge on any atom is -0.508 e. The Balaban J connectivity index is 2.23. The topological polar surface area (TPSA) is 23.2 Å². The van der Waals surface area contributed by atoms with Crippen molar-refractivity contribution in [1.82, 2.24) is 0 Å². The van der Waals surface area contributed by atoms with Crippen molar-refractivity contribution < 1.29 is 9.68 Å². The molecule has 3 rings (SSSR count). The molecule has 1 aromatic carbocycles. The third-order valence-electron chi connectivity index (χ3n) is 6.01. The molecule has 1 aliphatic carbocycles. The highest BCUT2D eigenvalue weighted by Gasteiger charge is 2.60. The molecule has 0 unspecified atom stereocenters. The molecule has 0 saturated carbocycles. The van der Waals surface area contributed by atoms with Crippen LogP contribution in [0.15, 0.2) is 18.2 Å². The number of aromatic hydroxyl groups is 1. The third-order valence-corrected chi connectivity index (χ3v) is 6.01. The lowest BCUT2D eigenvalue weighted by molar-refractivity contribution is -0.550. The van der Waals surface area contributed by atoms with Crippen molar-refractivity contribution in [3.8, 4) is 5.75 Å². The van der Waals surface area contributed by atoms with Gasteiger partial charge >= 0.3 is 0 Å². The number of phenols is 1. The highest BCUT2D eigenvalue weighted by atomic mass is 16.3. The molecule has 1 fully saturated rings. The van der Waals surface area contributed by atoms with E-state index in [9.17, 15) is 5.11 Å². The number of nitrogens with zero attached hydrogens (tertiary/aromatic N) is 1. The van der Waals surface area contributed by atoms with Crippen molar-refractivity contribution >= 4 is 6.21 Å². The molecule has 1 aromatic rings. The molecular formula is C17H24NO+. The van der Waals surface area contributed by atoms with E-state index in [-0.39, 0.29) is 10.8 Å². The molecule has 0 amide bonds. The van der Waals surface area contributed by atoms with Gasteiger partial charge in [-0.25, -0.2) is 4.58 Å². The van der Waals surface area contributed by atoms with Crippen LogP contribution in [0.25, 0.3) is 0 Å². The van der Waals surface area contributed by atoms with E-state index >= 15 is 0 Å². The van der Waals surface area contributed by atoms with Crippen LogP contribution in [-0.2, 0) is 11.8 Å². The summed E-state index contributed by atoms with van der Waals surface area (Å²) in [6.07, 6.45) is 4.41. The number of fused-ring (bicyclic) bond motifs is 2. The molecule has 1 N–H and O–H groups in total. The van der Waals surface area contributed by atoms with Gasteiger partial charge in [-0.05, 0) is 11.6 Å². The fourth-order valence-corrected chi connectivity index (χ4v) is 4.31. The Bertz CT molecular complexity index is 558. The van der Waals surface area contributed by atoms with Crippen LogP contribution in [0.3, 0.4) is 0 Å². The summed E-state index contributed by atoms with van der Waals surface area (Å²) in [5.41, 5.74) is 2.87. The van der Waals surface area contributed by atoms with Gasteiger partial charge in [0.25, 0.3) is 0 Å². The summed E-state index contributed by atoms with van der Waals surface area (Å²) in [5.74, 6) is 0.468. The monoisotopic (exact) mass is 258 g/mol. The Labute approximate surface area is 115 Å². The molecule has 0 bridgehead atoms. The molecule has 2 heteroatoms. The maximum atomic E-state index is 10.2. The van der Waals surface area contributed by atoms with Crippen LogP contribution >= 0.6 is 0 Å². The Morgan fingerprint density at radius 2 is 2.05 bits per heavy atom. The van der Waals surface area contributed by atoms with Crippen LogP contribution in [0, 0.1) is 5.41 Å². The van der Waals surface area contributed by atoms with Gasteiger partial charge in [0.15, 0.2) is 6.04 Å². The van der Waals surface area contributed by atoms with E-state index in [0.29, 0.717) is 11.8 Å². The van der Waals surface area contributed by atoms with Gasteiger partial charge in [0.2, 0.25) is 0 Å². The smallest absolute Gasteiger partial charge is 0.162 e. The van der Waals surface area contributed by atoms with Crippen molar-refractivity contribution in [3.63, 3.8) is 0 Å². The van der Waals surface area contributed by atoms with Crippen LogP contribution in [-0.4, -0.2) is 28.5 Å². The van der Waals surface area contributed by atoms with Gasteiger partial charge in [0.1, 0.15) is 18.5 Å². The van der Waals surface area contributed by atoms with Crippen molar-refractivity contribution in [2.45, 2.75) is 52.0 Å². The second-order valence-corrected chi connectivity index (χ2v) is 6.81. The van der Waals surface area contributed by atoms with Crippen LogP contribution in [0.4, 0.5) is 0 Å². The van der Waals surface area contributed by atoms with Crippen LogP contribution in [0.1, 0.15) is 45.2 Å². The van der Waals surface area contributed by atoms with E-state index in [4.69, 9.17) is 0 Å². The van der Waals surface area contributed by atoms with E-state index in [2.05, 4.69) is 44.6 Å². The lowest BCUT2D eigenvalue weighted by atomic mass is 9.54. The number of rotatable bonds is 0. The summed E-state index contributed by atoms with van der Waals surface area (Å²) in [6.45, 7) is 10.4. The normalized spacial score (nSPS) is 34.1. The molecular weight excluding hydrogens is 234 g/mol. The zero-order valence-corrected chi connectivity index (χ0v) is 12.4. The summed E-state index contributed by atoms with van der Waals surface area (Å²) in [4.78, 5) is 0. The van der Waals surface area contributed by atoms with Gasteiger partial charge in [0, 0.05) is 36.2 Å². The lowest BCUT2D eigenvalue weighted by Crippen LogP contribution is -2.51. The Morgan fingerprint density at radius 3 is 2.74 bits per heavy atom. The van der Waals surface area contributed by atoms with Gasteiger partial charge in [-0.1, -0.05) is 32.9 Å². The van der Waals surface area contributed by atoms with Gasteiger partial charge < -0.3 is 5.11 Å². The number of hydrogen-bond acceptors (Lipinski definition) is 1. The van der Waals surface area contributed by atoms with Gasteiger partial charge in [-0.15, -0.1) is 0 Å². The first-order valence-corrected chi connectivity index (χ1v) is 7.28. The summed E-state index contributed by atoms with van der Waals surface area (Å²) in [5, 5.41) is 10.2. The maximum Gasteiger partial charge on any atom is 0.162 e. The van der Waals surface area contributed by atoms with E-state index < -0.39 is 0 Å². The van der Waals surface area contributed by atoms with Crippen molar-refractivity contribution in [2.75, 3.05) is 6.54 Å². The molecule has 0 radical (unpaired) electrons. The third kappa shape index (κ3) is 1.46. The first-order valence-electron chi connectivity index (χ1n) is 7.28. The second-order valence-electron chi connectivity index (χ2n) is 6.81. The summed E-state index contributed by atoms with van der Waals surface area (Å²) < 4.78 is 2.47. The highest BCUT2D eigenvalue weighted by molar-refractivity contribution is 5.50. The zero-order chi connectivity index (χ0) is 13.8. The average molecular weight is 258 g/mol. The Hall–Kier alpha value is -1.31. The van der Waals surface area contributed by atoms with Gasteiger partial charge in [0.05, 0.1) is 0 Å². The zero-order valence-electron chi connectivity index (χ0n) is 12.4. The molecule has 2 atom stereocenters. The SMILES string of the molecule is CC=[N+]1CC[C@@]2(C)[C@H]1Cc1c(O)cccc1C2(C)C. The molecule has 1 saturated heterocycles. The fraction of sp³-hybridized carbons (Fsp3) is 0.588. The number of hydrogen-bond donors (Lipinski definition) is 1. The molecule has 102 valence electrons. The minimum atomic E-state index is 0.0990. The van der Waals surface area contributed by atoms with E-state index in [1.54, 1.807) is 0 Å². The predicted octanol–water partition coefficient (Wildman–Crippen LogP) is 3.11. The van der Waals surface area contributed by atoms with Crippen molar-refractivity contribution in [1.29, 1.82) is 0 Å². The molecule has 2 nitrogen and oxygen atoms in total. The molecule has 1 aliphatic heterocycles. The minimum absolute atomic E-state index is 0.0990. The Morgan fingerprint density at radius 1 is 1.32 bits per heavy atom. The molecule has 0 spiro atoms. The van der Waals surface area contributed by atoms with Gasteiger partial charge in [-0.3, -0.25) is 0 Å². The summed E-state index contributed by atoms with van der Waals surface area (Å²) >= 11 is 0. The Kier molecular flexibility index (Phi) is 2.57. The molecule has 19 heavy (non-hydrogen) atoms. The standard InChI is InChI=1S/C17H23NO/c1-5-18-10-9-17(4)15(18)11-12-13(16(17,2)3)7-6-8-14(12)19/h5-8,15H,9-11H2,1-4H3/p+1/t15-,17+/m1/s1. The van der Waals surface area contributed by atoms with Crippen molar-refractivity contribution in [3.05, 3.63) is 29.3 Å². The van der Waals surface area contributed by atoms with E-state index in [1.807, 2.05) is 12.1 Å². The van der Waals surface area contributed by atoms with Gasteiger partial charge in [-0.2, -0.15) is 0 Å². The maximum absolute atomic E-state index is 10.2. The lowest BCUT2D eigenvalue weighted by Gasteiger charge is -2.47. The van der Waals surface area contributed by atoms with E-state index in [0.717, 1.165) is 18.5 Å².